The van der Waals surface area contributed by atoms with E-state index in [-0.39, 0.29) is 6.04 Å². The number of nitrogens with zero attached hydrogens (tertiary/aromatic N) is 3. The molecule has 1 aliphatic rings. The highest BCUT2D eigenvalue weighted by atomic mass is 79.9. The van der Waals surface area contributed by atoms with Gasteiger partial charge in [-0.05, 0) is 50.8 Å². The standard InChI is InChI=1S/C20H26BrN3O4S2/c1-3-15-7-5-6-10-24(15)19(26)13-30(27,28)12-18(25)22-20-23(4-2)16-9-8-14(21)11-17(16)29-20/h8-9,11,15H,3-7,10,12-13H2,1-2H3. The van der Waals surface area contributed by atoms with Gasteiger partial charge >= 0.3 is 0 Å². The number of piperidine rings is 1. The molecule has 2 amide bonds. The van der Waals surface area contributed by atoms with Crippen LogP contribution in [0.1, 0.15) is 39.5 Å². The molecular formula is C20H26BrN3O4S2. The van der Waals surface area contributed by atoms with Gasteiger partial charge in [0, 0.05) is 23.6 Å². The molecule has 1 fully saturated rings. The molecule has 7 nitrogen and oxygen atoms in total. The van der Waals surface area contributed by atoms with Crippen LogP contribution in [0.2, 0.25) is 0 Å². The maximum Gasteiger partial charge on any atom is 0.263 e. The quantitative estimate of drug-likeness (QED) is 0.590. The molecule has 2 heterocycles. The van der Waals surface area contributed by atoms with Gasteiger partial charge in [0.1, 0.15) is 11.5 Å². The fourth-order valence-corrected chi connectivity index (χ4v) is 6.59. The Bertz CT molecular complexity index is 1120. The average Bonchev–Trinajstić information content (AvgIpc) is 3.02. The summed E-state index contributed by atoms with van der Waals surface area (Å²) < 4.78 is 28.8. The Morgan fingerprint density at radius 3 is 2.70 bits per heavy atom. The first-order valence-electron chi connectivity index (χ1n) is 10.1. The second-order valence-electron chi connectivity index (χ2n) is 7.42. The molecule has 1 aromatic heterocycles. The first kappa shape index (κ1) is 23.1. The number of hydrogen-bond donors (Lipinski definition) is 0. The van der Waals surface area contributed by atoms with Gasteiger partial charge in [0.25, 0.3) is 5.91 Å². The number of halogens is 1. The molecule has 0 N–H and O–H groups in total. The summed E-state index contributed by atoms with van der Waals surface area (Å²) in [5.41, 5.74) is 0.936. The van der Waals surface area contributed by atoms with Gasteiger partial charge < -0.3 is 9.47 Å². The number of fused-ring (bicyclic) bond motifs is 1. The molecule has 0 saturated carbocycles. The number of aryl methyl sites for hydroxylation is 1. The van der Waals surface area contributed by atoms with Crippen molar-refractivity contribution in [3.8, 4) is 0 Å². The van der Waals surface area contributed by atoms with Gasteiger partial charge in [-0.3, -0.25) is 9.59 Å². The van der Waals surface area contributed by atoms with Crippen LogP contribution in [0, 0.1) is 0 Å². The number of carbonyl (C=O) groups is 2. The molecule has 3 rings (SSSR count). The van der Waals surface area contributed by atoms with Gasteiger partial charge in [0.15, 0.2) is 14.6 Å². The van der Waals surface area contributed by atoms with Crippen molar-refractivity contribution in [2.24, 2.45) is 4.99 Å². The van der Waals surface area contributed by atoms with E-state index in [0.29, 0.717) is 17.9 Å². The number of sulfone groups is 1. The zero-order chi connectivity index (χ0) is 21.9. The van der Waals surface area contributed by atoms with Crippen molar-refractivity contribution in [2.45, 2.75) is 52.1 Å². The molecule has 0 bridgehead atoms. The zero-order valence-electron chi connectivity index (χ0n) is 17.1. The minimum absolute atomic E-state index is 0.0863. The Balaban J connectivity index is 1.76. The number of benzene rings is 1. The predicted molar refractivity (Wildman–Crippen MR) is 122 cm³/mol. The molecule has 1 unspecified atom stereocenters. The first-order chi connectivity index (χ1) is 14.2. The lowest BCUT2D eigenvalue weighted by atomic mass is 10.0. The van der Waals surface area contributed by atoms with Gasteiger partial charge in [0.05, 0.1) is 10.2 Å². The monoisotopic (exact) mass is 515 g/mol. The lowest BCUT2D eigenvalue weighted by Crippen LogP contribution is -2.46. The number of thiazole rings is 1. The highest BCUT2D eigenvalue weighted by molar-refractivity contribution is 9.10. The van der Waals surface area contributed by atoms with Crippen LogP contribution in [0.5, 0.6) is 0 Å². The molecule has 30 heavy (non-hydrogen) atoms. The van der Waals surface area contributed by atoms with Crippen LogP contribution >= 0.6 is 27.3 Å². The molecule has 1 atom stereocenters. The normalized spacial score (nSPS) is 18.2. The minimum Gasteiger partial charge on any atom is -0.339 e. The fourth-order valence-electron chi connectivity index (χ4n) is 3.84. The molecular weight excluding hydrogens is 490 g/mol. The summed E-state index contributed by atoms with van der Waals surface area (Å²) in [6.07, 6.45) is 3.64. The summed E-state index contributed by atoms with van der Waals surface area (Å²) in [4.78, 5) is 31.2. The van der Waals surface area contributed by atoms with Crippen molar-refractivity contribution in [3.05, 3.63) is 27.5 Å². The van der Waals surface area contributed by atoms with Gasteiger partial charge in [-0.25, -0.2) is 8.42 Å². The average molecular weight is 516 g/mol. The summed E-state index contributed by atoms with van der Waals surface area (Å²) in [5.74, 6) is -2.56. The molecule has 0 radical (unpaired) electrons. The van der Waals surface area contributed by atoms with Crippen LogP contribution < -0.4 is 4.80 Å². The number of aromatic nitrogens is 1. The molecule has 1 aromatic carbocycles. The largest absolute Gasteiger partial charge is 0.339 e. The van der Waals surface area contributed by atoms with E-state index in [2.05, 4.69) is 20.9 Å². The summed E-state index contributed by atoms with van der Waals surface area (Å²) in [6, 6.07) is 5.87. The lowest BCUT2D eigenvalue weighted by molar-refractivity contribution is -0.132. The van der Waals surface area contributed by atoms with Crippen LogP contribution in [0.4, 0.5) is 0 Å². The molecule has 1 aliphatic heterocycles. The fraction of sp³-hybridized carbons (Fsp3) is 0.550. The second kappa shape index (κ2) is 9.74. The lowest BCUT2D eigenvalue weighted by Gasteiger charge is -2.35. The minimum atomic E-state index is -3.88. The van der Waals surface area contributed by atoms with Crippen LogP contribution in [-0.4, -0.2) is 53.8 Å². The molecule has 10 heteroatoms. The maximum absolute atomic E-state index is 12.6. The first-order valence-corrected chi connectivity index (χ1v) is 13.5. The van der Waals surface area contributed by atoms with Gasteiger partial charge in [-0.2, -0.15) is 4.99 Å². The maximum atomic E-state index is 12.6. The smallest absolute Gasteiger partial charge is 0.263 e. The Hall–Kier alpha value is -1.52. The van der Waals surface area contributed by atoms with Crippen LogP contribution in [0.25, 0.3) is 10.2 Å². The summed E-state index contributed by atoms with van der Waals surface area (Å²) in [7, 11) is -3.88. The SMILES string of the molecule is CCC1CCCCN1C(=O)CS(=O)(=O)CC(=O)N=c1sc2cc(Br)ccc2n1CC. The summed E-state index contributed by atoms with van der Waals surface area (Å²) >= 11 is 4.76. The highest BCUT2D eigenvalue weighted by Gasteiger charge is 2.29. The topological polar surface area (TPSA) is 88.8 Å². The van der Waals surface area contributed by atoms with E-state index < -0.39 is 33.2 Å². The number of rotatable bonds is 6. The van der Waals surface area contributed by atoms with Crippen molar-refractivity contribution >= 4 is 59.1 Å². The Labute approximate surface area is 188 Å². The van der Waals surface area contributed by atoms with Crippen molar-refractivity contribution in [3.63, 3.8) is 0 Å². The second-order valence-corrected chi connectivity index (χ2v) is 11.4. The Morgan fingerprint density at radius 2 is 2.00 bits per heavy atom. The molecule has 0 spiro atoms. The van der Waals surface area contributed by atoms with Gasteiger partial charge in [-0.1, -0.05) is 34.2 Å². The van der Waals surface area contributed by atoms with E-state index in [1.807, 2.05) is 36.6 Å². The van der Waals surface area contributed by atoms with Crippen molar-refractivity contribution in [2.75, 3.05) is 18.1 Å². The van der Waals surface area contributed by atoms with Gasteiger partial charge in [-0.15, -0.1) is 0 Å². The van der Waals surface area contributed by atoms with Crippen molar-refractivity contribution in [1.82, 2.24) is 9.47 Å². The molecule has 164 valence electrons. The third kappa shape index (κ3) is 5.39. The van der Waals surface area contributed by atoms with E-state index in [1.165, 1.54) is 11.3 Å². The number of carbonyl (C=O) groups excluding carboxylic acids is 2. The van der Waals surface area contributed by atoms with E-state index >= 15 is 0 Å². The van der Waals surface area contributed by atoms with Crippen LogP contribution in [0.15, 0.2) is 27.7 Å². The highest BCUT2D eigenvalue weighted by Crippen LogP contribution is 2.22. The number of hydrogen-bond acceptors (Lipinski definition) is 5. The van der Waals surface area contributed by atoms with Crippen LogP contribution in [-0.2, 0) is 26.0 Å². The predicted octanol–water partition coefficient (Wildman–Crippen LogP) is 3.12. The van der Waals surface area contributed by atoms with E-state index in [4.69, 9.17) is 0 Å². The summed E-state index contributed by atoms with van der Waals surface area (Å²) in [6.45, 7) is 5.13. The van der Waals surface area contributed by atoms with Crippen molar-refractivity contribution in [1.29, 1.82) is 0 Å². The third-order valence-electron chi connectivity index (χ3n) is 5.29. The number of amides is 2. The molecule has 0 aliphatic carbocycles. The molecule has 1 saturated heterocycles. The van der Waals surface area contributed by atoms with Crippen molar-refractivity contribution < 1.29 is 18.0 Å². The zero-order valence-corrected chi connectivity index (χ0v) is 20.4. The third-order valence-corrected chi connectivity index (χ3v) is 8.19. The van der Waals surface area contributed by atoms with E-state index in [0.717, 1.165) is 40.4 Å². The van der Waals surface area contributed by atoms with Gasteiger partial charge in [0.2, 0.25) is 5.91 Å². The van der Waals surface area contributed by atoms with Crippen LogP contribution in [0.3, 0.4) is 0 Å². The number of likely N-dealkylation sites (tertiary alicyclic amines) is 1. The Morgan fingerprint density at radius 1 is 1.23 bits per heavy atom. The summed E-state index contributed by atoms with van der Waals surface area (Å²) in [5, 5.41) is 0. The molecule has 2 aromatic rings. The van der Waals surface area contributed by atoms with E-state index in [9.17, 15) is 18.0 Å². The van der Waals surface area contributed by atoms with E-state index in [1.54, 1.807) is 4.90 Å². The Kier molecular flexibility index (Phi) is 7.52.